The Bertz CT molecular complexity index is 1140. The minimum Gasteiger partial charge on any atom is -0.385 e. The van der Waals surface area contributed by atoms with Gasteiger partial charge < -0.3 is 10.6 Å². The maximum absolute atomic E-state index is 13.1. The number of rotatable bonds is 11. The van der Waals surface area contributed by atoms with Crippen molar-refractivity contribution >= 4 is 38.9 Å². The third-order valence-electron chi connectivity index (χ3n) is 4.97. The number of nitrogens with one attached hydrogen (secondary N) is 2. The summed E-state index contributed by atoms with van der Waals surface area (Å²) in [6.07, 6.45) is 13.1. The number of nitrogens with zero attached hydrogens (tertiary/aromatic N) is 1. The number of thiophene rings is 1. The molecule has 9 heteroatoms. The Hall–Kier alpha value is -2.55. The molecule has 0 saturated carbocycles. The molecule has 2 aromatic rings. The summed E-state index contributed by atoms with van der Waals surface area (Å²) in [6.45, 7) is 3.27. The maximum Gasteiger partial charge on any atom is 0.277 e. The van der Waals surface area contributed by atoms with Crippen LogP contribution in [0.25, 0.3) is 0 Å². The predicted molar refractivity (Wildman–Crippen MR) is 134 cm³/mol. The molecule has 1 aliphatic rings. The average molecular weight is 506 g/mol. The van der Waals surface area contributed by atoms with Gasteiger partial charge in [0, 0.05) is 40.1 Å². The van der Waals surface area contributed by atoms with Crippen molar-refractivity contribution in [3.05, 3.63) is 88.2 Å². The Labute approximate surface area is 204 Å². The Morgan fingerprint density at radius 3 is 2.61 bits per heavy atom. The molecule has 2 N–H and O–H groups in total. The Morgan fingerprint density at radius 1 is 1.06 bits per heavy atom. The minimum absolute atomic E-state index is 0.212. The van der Waals surface area contributed by atoms with Crippen LogP contribution in [0.3, 0.4) is 0 Å². The first-order valence-corrected chi connectivity index (χ1v) is 13.5. The van der Waals surface area contributed by atoms with E-state index in [9.17, 15) is 13.2 Å². The van der Waals surface area contributed by atoms with Gasteiger partial charge in [0.2, 0.25) is 0 Å². The lowest BCUT2D eigenvalue weighted by molar-refractivity contribution is 0.0951. The van der Waals surface area contributed by atoms with Crippen LogP contribution in [0.1, 0.15) is 47.8 Å². The molecule has 1 aromatic heterocycles. The van der Waals surface area contributed by atoms with E-state index < -0.39 is 10.0 Å². The normalized spacial score (nSPS) is 13.5. The van der Waals surface area contributed by atoms with Crippen molar-refractivity contribution < 1.29 is 13.2 Å². The van der Waals surface area contributed by atoms with Crippen molar-refractivity contribution in [3.63, 3.8) is 0 Å². The van der Waals surface area contributed by atoms with Crippen LogP contribution in [-0.2, 0) is 16.6 Å². The van der Waals surface area contributed by atoms with Gasteiger partial charge in [-0.15, -0.1) is 11.3 Å². The van der Waals surface area contributed by atoms with Gasteiger partial charge in [0.25, 0.3) is 15.9 Å². The first kappa shape index (κ1) is 25.1. The van der Waals surface area contributed by atoms with Gasteiger partial charge in [0.05, 0.1) is 6.54 Å². The molecule has 2 heterocycles. The van der Waals surface area contributed by atoms with Crippen LogP contribution in [0, 0.1) is 0 Å². The number of carbonyl (C=O) groups is 1. The molecule has 33 heavy (non-hydrogen) atoms. The molecule has 0 spiro atoms. The standard InChI is InChI=1S/C24H28ClN3O3S2/c1-2-3-4-5-15-26-21-7-6-16-28(17-14-21)33(30,31)23-13-12-22(32-23)18-27-24(29)19-8-10-20(25)11-9-19/h6-14,16-17,26H,2-5,15,18H2,1H3,(H,27,29). The number of unbranched alkanes of at least 4 members (excludes halogenated alkanes) is 3. The van der Waals surface area contributed by atoms with Crippen LogP contribution < -0.4 is 10.6 Å². The van der Waals surface area contributed by atoms with Crippen molar-refractivity contribution in [2.75, 3.05) is 6.54 Å². The number of hydrogen-bond donors (Lipinski definition) is 2. The molecule has 3 rings (SSSR count). The van der Waals surface area contributed by atoms with E-state index in [1.165, 1.54) is 29.8 Å². The van der Waals surface area contributed by atoms with Crippen molar-refractivity contribution in [2.45, 2.75) is 43.4 Å². The van der Waals surface area contributed by atoms with Gasteiger partial charge in [0.1, 0.15) is 4.21 Å². The van der Waals surface area contributed by atoms with Crippen LogP contribution >= 0.6 is 22.9 Å². The van der Waals surface area contributed by atoms with E-state index in [1.54, 1.807) is 54.8 Å². The smallest absolute Gasteiger partial charge is 0.277 e. The molecular weight excluding hydrogens is 478 g/mol. The van der Waals surface area contributed by atoms with E-state index in [1.807, 2.05) is 6.08 Å². The highest BCUT2D eigenvalue weighted by Gasteiger charge is 2.22. The summed E-state index contributed by atoms with van der Waals surface area (Å²) in [5.74, 6) is -0.247. The van der Waals surface area contributed by atoms with E-state index in [0.29, 0.717) is 10.6 Å². The van der Waals surface area contributed by atoms with Crippen molar-refractivity contribution in [2.24, 2.45) is 0 Å². The summed E-state index contributed by atoms with van der Waals surface area (Å²) in [5, 5.41) is 6.70. The zero-order valence-electron chi connectivity index (χ0n) is 18.5. The first-order chi connectivity index (χ1) is 15.9. The topological polar surface area (TPSA) is 78.5 Å². The van der Waals surface area contributed by atoms with Gasteiger partial charge in [-0.25, -0.2) is 4.31 Å². The molecule has 0 atom stereocenters. The van der Waals surface area contributed by atoms with Crippen LogP contribution in [-0.4, -0.2) is 25.2 Å². The third kappa shape index (κ3) is 7.22. The number of benzene rings is 1. The first-order valence-electron chi connectivity index (χ1n) is 10.9. The lowest BCUT2D eigenvalue weighted by Crippen LogP contribution is -2.22. The van der Waals surface area contributed by atoms with Crippen LogP contribution in [0.4, 0.5) is 0 Å². The Balaban J connectivity index is 1.57. The number of carbonyl (C=O) groups excluding carboxylic acids is 1. The highest BCUT2D eigenvalue weighted by molar-refractivity contribution is 7.91. The fraction of sp³-hybridized carbons (Fsp3) is 0.292. The van der Waals surface area contributed by atoms with E-state index in [4.69, 9.17) is 11.6 Å². The van der Waals surface area contributed by atoms with Gasteiger partial charge in [0.15, 0.2) is 0 Å². The fourth-order valence-electron chi connectivity index (χ4n) is 3.12. The molecule has 1 aliphatic heterocycles. The SMILES string of the molecule is CCCCCCNC1=CC=CN(S(=O)(=O)c2ccc(CNC(=O)c3ccc(Cl)cc3)s2)C=C1. The third-order valence-corrected chi connectivity index (χ3v) is 8.42. The molecule has 1 aromatic carbocycles. The summed E-state index contributed by atoms with van der Waals surface area (Å²) in [4.78, 5) is 13.0. The molecule has 0 radical (unpaired) electrons. The largest absolute Gasteiger partial charge is 0.385 e. The van der Waals surface area contributed by atoms with Crippen molar-refractivity contribution in [1.29, 1.82) is 0 Å². The average Bonchev–Trinajstić information content (AvgIpc) is 3.16. The molecule has 176 valence electrons. The zero-order chi connectivity index (χ0) is 23.7. The number of amides is 1. The molecular formula is C24H28ClN3O3S2. The monoisotopic (exact) mass is 505 g/mol. The molecule has 0 saturated heterocycles. The van der Waals surface area contributed by atoms with Gasteiger partial charge in [-0.05, 0) is 61.0 Å². The highest BCUT2D eigenvalue weighted by atomic mass is 35.5. The number of allylic oxidation sites excluding steroid dienone is 3. The summed E-state index contributed by atoms with van der Waals surface area (Å²) in [6, 6.07) is 9.86. The van der Waals surface area contributed by atoms with Gasteiger partial charge in [-0.3, -0.25) is 4.79 Å². The summed E-state index contributed by atoms with van der Waals surface area (Å²) >= 11 is 6.98. The fourth-order valence-corrected chi connectivity index (χ4v) is 5.82. The molecule has 0 fully saturated rings. The van der Waals surface area contributed by atoms with Gasteiger partial charge in [-0.1, -0.05) is 37.8 Å². The van der Waals surface area contributed by atoms with E-state index in [-0.39, 0.29) is 16.7 Å². The van der Waals surface area contributed by atoms with E-state index in [2.05, 4.69) is 17.6 Å². The lowest BCUT2D eigenvalue weighted by atomic mass is 10.2. The molecule has 0 bridgehead atoms. The lowest BCUT2D eigenvalue weighted by Gasteiger charge is -2.14. The van der Waals surface area contributed by atoms with E-state index >= 15 is 0 Å². The van der Waals surface area contributed by atoms with Crippen molar-refractivity contribution in [3.8, 4) is 0 Å². The van der Waals surface area contributed by atoms with Crippen LogP contribution in [0.5, 0.6) is 0 Å². The number of sulfonamides is 1. The number of halogens is 1. The van der Waals surface area contributed by atoms with Crippen LogP contribution in [0.2, 0.25) is 5.02 Å². The molecule has 6 nitrogen and oxygen atoms in total. The summed E-state index contributed by atoms with van der Waals surface area (Å²) in [7, 11) is -3.73. The van der Waals surface area contributed by atoms with Crippen molar-refractivity contribution in [1.82, 2.24) is 14.9 Å². The van der Waals surface area contributed by atoms with Gasteiger partial charge >= 0.3 is 0 Å². The maximum atomic E-state index is 13.1. The van der Waals surface area contributed by atoms with E-state index in [0.717, 1.165) is 34.9 Å². The highest BCUT2D eigenvalue weighted by Crippen LogP contribution is 2.26. The molecule has 0 unspecified atom stereocenters. The second kappa shape index (κ2) is 12.1. The molecule has 1 amide bonds. The quantitative estimate of drug-likeness (QED) is 0.400. The zero-order valence-corrected chi connectivity index (χ0v) is 20.8. The summed E-state index contributed by atoms with van der Waals surface area (Å²) < 4.78 is 27.6. The van der Waals surface area contributed by atoms with Gasteiger partial charge in [-0.2, -0.15) is 8.42 Å². The number of hydrogen-bond acceptors (Lipinski definition) is 5. The Kier molecular flexibility index (Phi) is 9.17. The summed E-state index contributed by atoms with van der Waals surface area (Å²) in [5.41, 5.74) is 1.36. The predicted octanol–water partition coefficient (Wildman–Crippen LogP) is 5.42. The minimum atomic E-state index is -3.73. The molecule has 0 aliphatic carbocycles. The second-order valence-corrected chi connectivity index (χ2v) is 11.2. The van der Waals surface area contributed by atoms with Crippen LogP contribution in [0.15, 0.2) is 76.9 Å². The Morgan fingerprint density at radius 2 is 1.85 bits per heavy atom. The second-order valence-electron chi connectivity index (χ2n) is 7.51.